The quantitative estimate of drug-likeness (QED) is 0.797. The van der Waals surface area contributed by atoms with Crippen LogP contribution in [-0.2, 0) is 16.0 Å². The number of carbonyl (C=O) groups is 3. The molecule has 0 aliphatic carbocycles. The van der Waals surface area contributed by atoms with Crippen LogP contribution in [0.25, 0.3) is 10.6 Å². The maximum absolute atomic E-state index is 12.1. The molecule has 1 aromatic heterocycles. The number of esters is 1. The van der Waals surface area contributed by atoms with E-state index in [-0.39, 0.29) is 5.69 Å². The highest BCUT2D eigenvalue weighted by molar-refractivity contribution is 7.13. The molecule has 132 valence electrons. The van der Waals surface area contributed by atoms with E-state index in [1.807, 2.05) is 29.6 Å². The van der Waals surface area contributed by atoms with Crippen molar-refractivity contribution < 1.29 is 19.1 Å². The number of benzene rings is 1. The van der Waals surface area contributed by atoms with Crippen LogP contribution in [0, 0.1) is 0 Å². The van der Waals surface area contributed by atoms with Crippen molar-refractivity contribution in [3.63, 3.8) is 0 Å². The molecule has 0 saturated heterocycles. The molecule has 7 nitrogen and oxygen atoms in total. The van der Waals surface area contributed by atoms with Crippen molar-refractivity contribution >= 4 is 29.2 Å². The molecule has 0 unspecified atom stereocenters. The number of ether oxygens (including phenoxy) is 1. The molecule has 0 spiro atoms. The van der Waals surface area contributed by atoms with E-state index in [4.69, 9.17) is 4.74 Å². The van der Waals surface area contributed by atoms with Gasteiger partial charge in [-0.05, 0) is 18.9 Å². The van der Waals surface area contributed by atoms with Gasteiger partial charge in [0.15, 0.2) is 11.8 Å². The molecule has 0 saturated carbocycles. The predicted octanol–water partition coefficient (Wildman–Crippen LogP) is 2.37. The minimum absolute atomic E-state index is 0.124. The zero-order chi connectivity index (χ0) is 18.4. The highest BCUT2D eigenvalue weighted by Crippen LogP contribution is 2.24. The van der Waals surface area contributed by atoms with Gasteiger partial charge in [-0.3, -0.25) is 10.1 Å². The number of rotatable bonds is 5. The molecule has 3 amide bonds. The summed E-state index contributed by atoms with van der Waals surface area (Å²) in [5, 5.41) is 6.56. The van der Waals surface area contributed by atoms with Crippen molar-refractivity contribution in [3.8, 4) is 10.6 Å². The van der Waals surface area contributed by atoms with Crippen LogP contribution >= 0.6 is 11.3 Å². The summed E-state index contributed by atoms with van der Waals surface area (Å²) in [6.45, 7) is 3.46. The smallest absolute Gasteiger partial charge is 0.358 e. The number of nitrogens with zero attached hydrogens (tertiary/aromatic N) is 1. The summed E-state index contributed by atoms with van der Waals surface area (Å²) in [6.07, 6.45) is -0.162. The number of thiazole rings is 1. The van der Waals surface area contributed by atoms with Gasteiger partial charge in [0.1, 0.15) is 5.01 Å². The van der Waals surface area contributed by atoms with Crippen molar-refractivity contribution in [1.82, 2.24) is 15.6 Å². The van der Waals surface area contributed by atoms with Crippen LogP contribution in [0.3, 0.4) is 0 Å². The summed E-state index contributed by atoms with van der Waals surface area (Å²) in [4.78, 5) is 39.2. The van der Waals surface area contributed by atoms with Gasteiger partial charge in [0.2, 0.25) is 0 Å². The molecule has 2 N–H and O–H groups in total. The molecule has 1 atom stereocenters. The van der Waals surface area contributed by atoms with Crippen LogP contribution in [0.1, 0.15) is 29.9 Å². The lowest BCUT2D eigenvalue weighted by molar-refractivity contribution is -0.127. The Balaban J connectivity index is 2.02. The Labute approximate surface area is 149 Å². The maximum atomic E-state index is 12.1. The van der Waals surface area contributed by atoms with Crippen molar-refractivity contribution in [2.24, 2.45) is 0 Å². The van der Waals surface area contributed by atoms with E-state index >= 15 is 0 Å². The number of nitrogens with one attached hydrogen (secondary N) is 2. The van der Waals surface area contributed by atoms with E-state index in [0.717, 1.165) is 12.0 Å². The fourth-order valence-electron chi connectivity index (χ4n) is 1.93. The molecule has 0 aliphatic heterocycles. The van der Waals surface area contributed by atoms with Gasteiger partial charge in [-0.15, -0.1) is 11.3 Å². The van der Waals surface area contributed by atoms with Crippen molar-refractivity contribution in [2.45, 2.75) is 26.4 Å². The van der Waals surface area contributed by atoms with Crippen LogP contribution in [0.4, 0.5) is 4.79 Å². The fraction of sp³-hybridized carbons (Fsp3) is 0.294. The number of hydrogen-bond donors (Lipinski definition) is 2. The second kappa shape index (κ2) is 8.39. The van der Waals surface area contributed by atoms with Crippen LogP contribution in [0.15, 0.2) is 29.6 Å². The first-order valence-electron chi connectivity index (χ1n) is 7.73. The van der Waals surface area contributed by atoms with E-state index < -0.39 is 24.0 Å². The largest absolute Gasteiger partial charge is 0.448 e. The Morgan fingerprint density at radius 3 is 2.52 bits per heavy atom. The third-order valence-electron chi connectivity index (χ3n) is 3.44. The van der Waals surface area contributed by atoms with Gasteiger partial charge >= 0.3 is 12.0 Å². The summed E-state index contributed by atoms with van der Waals surface area (Å²) in [5.74, 6) is -1.43. The van der Waals surface area contributed by atoms with Gasteiger partial charge in [0.25, 0.3) is 5.91 Å². The van der Waals surface area contributed by atoms with Gasteiger partial charge in [0.05, 0.1) is 0 Å². The summed E-state index contributed by atoms with van der Waals surface area (Å²) in [7, 11) is 1.38. The predicted molar refractivity (Wildman–Crippen MR) is 94.4 cm³/mol. The molecule has 0 bridgehead atoms. The average Bonchev–Trinajstić information content (AvgIpc) is 3.11. The van der Waals surface area contributed by atoms with E-state index in [1.165, 1.54) is 30.9 Å². The SMILES string of the molecule is CCc1ccc(-c2nc(C(=O)O[C@H](C)C(=O)NC(=O)NC)cs2)cc1. The van der Waals surface area contributed by atoms with Crippen LogP contribution in [0.2, 0.25) is 0 Å². The van der Waals surface area contributed by atoms with Crippen LogP contribution in [-0.4, -0.2) is 36.0 Å². The second-order valence-electron chi connectivity index (χ2n) is 5.20. The minimum Gasteiger partial charge on any atom is -0.448 e. The lowest BCUT2D eigenvalue weighted by atomic mass is 10.1. The van der Waals surface area contributed by atoms with Gasteiger partial charge in [-0.25, -0.2) is 14.6 Å². The summed E-state index contributed by atoms with van der Waals surface area (Å²) >= 11 is 1.32. The third kappa shape index (κ3) is 4.87. The maximum Gasteiger partial charge on any atom is 0.358 e. The molecule has 25 heavy (non-hydrogen) atoms. The first-order chi connectivity index (χ1) is 11.9. The zero-order valence-corrected chi connectivity index (χ0v) is 15.0. The number of imide groups is 1. The standard InChI is InChI=1S/C17H19N3O4S/c1-4-11-5-7-12(8-6-11)15-19-13(9-25-15)16(22)24-10(2)14(21)20-17(23)18-3/h5-10H,4H2,1-3H3,(H2,18,20,21,23)/t10-/m1/s1. The van der Waals surface area contributed by atoms with Crippen LogP contribution < -0.4 is 10.6 Å². The molecule has 8 heteroatoms. The number of amides is 3. The molecule has 1 aromatic carbocycles. The molecular formula is C17H19N3O4S. The summed E-state index contributed by atoms with van der Waals surface area (Å²) in [6, 6.07) is 7.26. The van der Waals surface area contributed by atoms with Gasteiger partial charge in [0, 0.05) is 18.0 Å². The molecule has 1 heterocycles. The number of aromatic nitrogens is 1. The van der Waals surface area contributed by atoms with E-state index in [0.29, 0.717) is 5.01 Å². The number of urea groups is 1. The molecule has 2 rings (SSSR count). The molecular weight excluding hydrogens is 342 g/mol. The van der Waals surface area contributed by atoms with E-state index in [1.54, 1.807) is 5.38 Å². The van der Waals surface area contributed by atoms with E-state index in [9.17, 15) is 14.4 Å². The monoisotopic (exact) mass is 361 g/mol. The third-order valence-corrected chi connectivity index (χ3v) is 4.33. The molecule has 0 fully saturated rings. The number of aryl methyl sites for hydroxylation is 1. The Kier molecular flexibility index (Phi) is 6.24. The first kappa shape index (κ1) is 18.6. The fourth-order valence-corrected chi connectivity index (χ4v) is 2.73. The minimum atomic E-state index is -1.11. The lowest BCUT2D eigenvalue weighted by Gasteiger charge is -2.11. The van der Waals surface area contributed by atoms with Crippen molar-refractivity contribution in [1.29, 1.82) is 0 Å². The lowest BCUT2D eigenvalue weighted by Crippen LogP contribution is -2.43. The Morgan fingerprint density at radius 2 is 1.92 bits per heavy atom. The van der Waals surface area contributed by atoms with Crippen LogP contribution in [0.5, 0.6) is 0 Å². The first-order valence-corrected chi connectivity index (χ1v) is 8.61. The normalized spacial score (nSPS) is 11.5. The van der Waals surface area contributed by atoms with Gasteiger partial charge < -0.3 is 10.1 Å². The Bertz CT molecular complexity index is 770. The summed E-state index contributed by atoms with van der Waals surface area (Å²) < 4.78 is 5.04. The number of carbonyl (C=O) groups excluding carboxylic acids is 3. The van der Waals surface area contributed by atoms with Gasteiger partial charge in [-0.2, -0.15) is 0 Å². The Morgan fingerprint density at radius 1 is 1.24 bits per heavy atom. The topological polar surface area (TPSA) is 97.4 Å². The highest BCUT2D eigenvalue weighted by atomic mass is 32.1. The average molecular weight is 361 g/mol. The second-order valence-corrected chi connectivity index (χ2v) is 6.06. The van der Waals surface area contributed by atoms with Crippen molar-refractivity contribution in [3.05, 3.63) is 40.9 Å². The molecule has 0 radical (unpaired) electrons. The zero-order valence-electron chi connectivity index (χ0n) is 14.2. The number of hydrogen-bond acceptors (Lipinski definition) is 6. The molecule has 0 aliphatic rings. The van der Waals surface area contributed by atoms with Crippen molar-refractivity contribution in [2.75, 3.05) is 7.05 Å². The molecule has 2 aromatic rings. The summed E-state index contributed by atoms with van der Waals surface area (Å²) in [5.41, 5.74) is 2.25. The van der Waals surface area contributed by atoms with E-state index in [2.05, 4.69) is 17.2 Å². The van der Waals surface area contributed by atoms with Gasteiger partial charge in [-0.1, -0.05) is 31.2 Å². The highest BCUT2D eigenvalue weighted by Gasteiger charge is 2.22. The Hall–Kier alpha value is -2.74.